The number of amides is 3. The zero-order valence-electron chi connectivity index (χ0n) is 10.6. The summed E-state index contributed by atoms with van der Waals surface area (Å²) in [6.07, 6.45) is 0.998. The molecule has 0 unspecified atom stereocenters. The molecule has 3 amide bonds. The third kappa shape index (κ3) is 2.73. The van der Waals surface area contributed by atoms with E-state index >= 15 is 0 Å². The van der Waals surface area contributed by atoms with Crippen molar-refractivity contribution in [2.45, 2.75) is 12.8 Å². The Morgan fingerprint density at radius 3 is 2.84 bits per heavy atom. The molecule has 6 heteroatoms. The van der Waals surface area contributed by atoms with Crippen molar-refractivity contribution < 1.29 is 14.4 Å². The Hall–Kier alpha value is -2.37. The van der Waals surface area contributed by atoms with Crippen LogP contribution in [-0.2, 0) is 27.2 Å². The van der Waals surface area contributed by atoms with Gasteiger partial charge in [0.05, 0.1) is 6.42 Å². The molecule has 0 fully saturated rings. The van der Waals surface area contributed by atoms with Gasteiger partial charge >= 0.3 is 11.8 Å². The van der Waals surface area contributed by atoms with Crippen molar-refractivity contribution in [2.24, 2.45) is 5.73 Å². The van der Waals surface area contributed by atoms with Gasteiger partial charge in [0.25, 0.3) is 0 Å². The van der Waals surface area contributed by atoms with Gasteiger partial charge in [0.2, 0.25) is 5.91 Å². The molecular weight excluding hydrogens is 246 g/mol. The van der Waals surface area contributed by atoms with Crippen molar-refractivity contribution in [3.05, 3.63) is 29.3 Å². The smallest absolute Gasteiger partial charge is 0.309 e. The van der Waals surface area contributed by atoms with Crippen molar-refractivity contribution >= 4 is 23.4 Å². The predicted molar refractivity (Wildman–Crippen MR) is 69.5 cm³/mol. The van der Waals surface area contributed by atoms with Gasteiger partial charge in [-0.1, -0.05) is 12.1 Å². The maximum atomic E-state index is 11.5. The highest BCUT2D eigenvalue weighted by Crippen LogP contribution is 2.28. The Kier molecular flexibility index (Phi) is 3.50. The highest BCUT2D eigenvalue weighted by molar-refractivity contribution is 6.34. The molecule has 1 aliphatic rings. The van der Waals surface area contributed by atoms with E-state index in [9.17, 15) is 14.4 Å². The first-order valence-electron chi connectivity index (χ1n) is 5.95. The summed E-state index contributed by atoms with van der Waals surface area (Å²) in [7, 11) is 1.75. The molecule has 0 aromatic heterocycles. The van der Waals surface area contributed by atoms with Gasteiger partial charge in [-0.3, -0.25) is 14.4 Å². The van der Waals surface area contributed by atoms with Crippen molar-refractivity contribution in [1.82, 2.24) is 5.32 Å². The molecule has 0 aliphatic carbocycles. The van der Waals surface area contributed by atoms with Crippen LogP contribution in [0.1, 0.15) is 11.1 Å². The standard InChI is InChI=1S/C13H15N3O3/c1-16-10-3-2-8(6-9(10)7-11(16)17)4-5-15-13(19)12(14)18/h2-3,6H,4-5,7H2,1H3,(H2,14,18)(H,15,19). The molecule has 1 aliphatic heterocycles. The quantitative estimate of drug-likeness (QED) is 0.708. The lowest BCUT2D eigenvalue weighted by atomic mass is 10.1. The van der Waals surface area contributed by atoms with Crippen molar-refractivity contribution in [2.75, 3.05) is 18.5 Å². The van der Waals surface area contributed by atoms with E-state index in [1.165, 1.54) is 0 Å². The topological polar surface area (TPSA) is 92.5 Å². The number of nitrogens with zero attached hydrogens (tertiary/aromatic N) is 1. The fourth-order valence-corrected chi connectivity index (χ4v) is 2.09. The number of hydrogen-bond acceptors (Lipinski definition) is 3. The second kappa shape index (κ2) is 5.09. The average Bonchev–Trinajstić information content (AvgIpc) is 2.64. The van der Waals surface area contributed by atoms with Crippen LogP contribution in [0.2, 0.25) is 0 Å². The number of nitrogens with two attached hydrogens (primary N) is 1. The van der Waals surface area contributed by atoms with E-state index in [2.05, 4.69) is 5.32 Å². The summed E-state index contributed by atoms with van der Waals surface area (Å²) in [5.74, 6) is -1.69. The largest absolute Gasteiger partial charge is 0.361 e. The number of anilines is 1. The maximum Gasteiger partial charge on any atom is 0.309 e. The molecular formula is C13H15N3O3. The number of nitrogens with one attached hydrogen (secondary N) is 1. The Morgan fingerprint density at radius 2 is 2.16 bits per heavy atom. The Balaban J connectivity index is 1.97. The first-order valence-corrected chi connectivity index (χ1v) is 5.95. The molecule has 100 valence electrons. The van der Waals surface area contributed by atoms with Crippen LogP contribution in [0, 0.1) is 0 Å². The van der Waals surface area contributed by atoms with E-state index in [0.717, 1.165) is 16.8 Å². The van der Waals surface area contributed by atoms with Crippen LogP contribution in [0.3, 0.4) is 0 Å². The van der Waals surface area contributed by atoms with Crippen LogP contribution in [0.4, 0.5) is 5.69 Å². The first-order chi connectivity index (χ1) is 8.99. The third-order valence-electron chi connectivity index (χ3n) is 3.14. The number of fused-ring (bicyclic) bond motifs is 1. The van der Waals surface area contributed by atoms with Crippen molar-refractivity contribution in [1.29, 1.82) is 0 Å². The van der Waals surface area contributed by atoms with Gasteiger partial charge in [0.1, 0.15) is 0 Å². The highest BCUT2D eigenvalue weighted by atomic mass is 16.2. The summed E-state index contributed by atoms with van der Waals surface area (Å²) in [6.45, 7) is 0.338. The average molecular weight is 261 g/mol. The van der Waals surface area contributed by atoms with Crippen LogP contribution >= 0.6 is 0 Å². The molecule has 19 heavy (non-hydrogen) atoms. The molecule has 0 saturated heterocycles. The minimum absolute atomic E-state index is 0.0779. The minimum Gasteiger partial charge on any atom is -0.361 e. The van der Waals surface area contributed by atoms with Crippen molar-refractivity contribution in [3.63, 3.8) is 0 Å². The van der Waals surface area contributed by atoms with Crippen LogP contribution in [-0.4, -0.2) is 31.3 Å². The molecule has 0 atom stereocenters. The summed E-state index contributed by atoms with van der Waals surface area (Å²) in [4.78, 5) is 34.7. The molecule has 0 bridgehead atoms. The van der Waals surface area contributed by atoms with Crippen molar-refractivity contribution in [3.8, 4) is 0 Å². The molecule has 0 radical (unpaired) electrons. The van der Waals surface area contributed by atoms with Gasteiger partial charge in [0.15, 0.2) is 0 Å². The minimum atomic E-state index is -0.985. The van der Waals surface area contributed by atoms with E-state index in [1.54, 1.807) is 11.9 Å². The van der Waals surface area contributed by atoms with Gasteiger partial charge in [0, 0.05) is 19.3 Å². The summed E-state index contributed by atoms with van der Waals surface area (Å²) in [5, 5.41) is 2.43. The zero-order valence-corrected chi connectivity index (χ0v) is 10.6. The van der Waals surface area contributed by atoms with Gasteiger partial charge in [-0.15, -0.1) is 0 Å². The number of hydrogen-bond donors (Lipinski definition) is 2. The fourth-order valence-electron chi connectivity index (χ4n) is 2.09. The van der Waals surface area contributed by atoms with E-state index in [4.69, 9.17) is 5.73 Å². The summed E-state index contributed by atoms with van der Waals surface area (Å²) < 4.78 is 0. The van der Waals surface area contributed by atoms with Crippen LogP contribution < -0.4 is 16.0 Å². The van der Waals surface area contributed by atoms with Gasteiger partial charge in [-0.2, -0.15) is 0 Å². The SMILES string of the molecule is CN1C(=O)Cc2cc(CCNC(=O)C(N)=O)ccc21. The van der Waals surface area contributed by atoms with Gasteiger partial charge in [-0.05, 0) is 23.6 Å². The third-order valence-corrected chi connectivity index (χ3v) is 3.14. The van der Waals surface area contributed by atoms with Crippen LogP contribution in [0.25, 0.3) is 0 Å². The maximum absolute atomic E-state index is 11.5. The van der Waals surface area contributed by atoms with E-state index < -0.39 is 11.8 Å². The van der Waals surface area contributed by atoms with Gasteiger partial charge < -0.3 is 16.0 Å². The molecule has 6 nitrogen and oxygen atoms in total. The summed E-state index contributed by atoms with van der Waals surface area (Å²) >= 11 is 0. The second-order valence-electron chi connectivity index (χ2n) is 4.46. The summed E-state index contributed by atoms with van der Waals surface area (Å²) in [6, 6.07) is 5.75. The number of likely N-dealkylation sites (N-methyl/N-ethyl adjacent to an activating group) is 1. The first kappa shape index (κ1) is 13.1. The van der Waals surface area contributed by atoms with E-state index in [0.29, 0.717) is 19.4 Å². The normalized spacial score (nSPS) is 13.3. The number of carbonyl (C=O) groups is 3. The zero-order chi connectivity index (χ0) is 14.0. The summed E-state index contributed by atoms with van der Waals surface area (Å²) in [5.41, 5.74) is 7.75. The Labute approximate surface area is 110 Å². The lowest BCUT2D eigenvalue weighted by Crippen LogP contribution is -2.37. The molecule has 1 heterocycles. The fraction of sp³-hybridized carbons (Fsp3) is 0.308. The molecule has 0 spiro atoms. The number of benzene rings is 1. The Morgan fingerprint density at radius 1 is 1.42 bits per heavy atom. The molecule has 1 aromatic carbocycles. The molecule has 0 saturated carbocycles. The Bertz CT molecular complexity index is 554. The number of primary amides is 1. The number of carbonyl (C=O) groups excluding carboxylic acids is 3. The second-order valence-corrected chi connectivity index (χ2v) is 4.46. The van der Waals surface area contributed by atoms with Gasteiger partial charge in [-0.25, -0.2) is 0 Å². The van der Waals surface area contributed by atoms with Crippen LogP contribution in [0.5, 0.6) is 0 Å². The lowest BCUT2D eigenvalue weighted by Gasteiger charge is -2.10. The monoisotopic (exact) mass is 261 g/mol. The molecule has 1 aromatic rings. The van der Waals surface area contributed by atoms with E-state index in [1.807, 2.05) is 18.2 Å². The van der Waals surface area contributed by atoms with Crippen LogP contribution in [0.15, 0.2) is 18.2 Å². The molecule has 2 rings (SSSR count). The molecule has 3 N–H and O–H groups in total. The predicted octanol–water partition coefficient (Wildman–Crippen LogP) is -0.650. The number of rotatable bonds is 3. The van der Waals surface area contributed by atoms with E-state index in [-0.39, 0.29) is 5.91 Å². The lowest BCUT2D eigenvalue weighted by molar-refractivity contribution is -0.137. The highest BCUT2D eigenvalue weighted by Gasteiger charge is 2.23.